The molecule has 0 saturated carbocycles. The second-order valence-electron chi connectivity index (χ2n) is 6.60. The van der Waals surface area contributed by atoms with Gasteiger partial charge < -0.3 is 19.5 Å². The Morgan fingerprint density at radius 1 is 1.25 bits per heavy atom. The van der Waals surface area contributed by atoms with Gasteiger partial charge in [0.2, 0.25) is 0 Å². The molecule has 0 radical (unpaired) electrons. The molecule has 0 fully saturated rings. The van der Waals surface area contributed by atoms with Crippen LogP contribution in [0.1, 0.15) is 31.3 Å². The van der Waals surface area contributed by atoms with Gasteiger partial charge in [0, 0.05) is 36.2 Å². The van der Waals surface area contributed by atoms with Crippen molar-refractivity contribution in [2.75, 3.05) is 19.0 Å². The van der Waals surface area contributed by atoms with E-state index in [4.69, 9.17) is 4.74 Å². The first-order valence-electron chi connectivity index (χ1n) is 8.39. The minimum Gasteiger partial charge on any atom is -0.497 e. The van der Waals surface area contributed by atoms with Crippen LogP contribution in [0.4, 0.5) is 10.5 Å². The Bertz CT molecular complexity index is 736. The number of carbonyl (C=O) groups is 1. The highest BCUT2D eigenvalue weighted by Crippen LogP contribution is 2.34. The van der Waals surface area contributed by atoms with E-state index in [0.29, 0.717) is 12.5 Å². The third-order valence-corrected chi connectivity index (χ3v) is 4.65. The van der Waals surface area contributed by atoms with Gasteiger partial charge >= 0.3 is 6.03 Å². The fourth-order valence-electron chi connectivity index (χ4n) is 3.49. The lowest BCUT2D eigenvalue weighted by Gasteiger charge is -2.39. The number of ether oxygens (including phenoxy) is 1. The first-order chi connectivity index (χ1) is 11.5. The number of benzene rings is 1. The average Bonchev–Trinajstić information content (AvgIpc) is 2.95. The first kappa shape index (κ1) is 16.4. The number of hydrogen-bond donors (Lipinski definition) is 1. The van der Waals surface area contributed by atoms with Gasteiger partial charge in [0.15, 0.2) is 0 Å². The predicted molar refractivity (Wildman–Crippen MR) is 95.5 cm³/mol. The van der Waals surface area contributed by atoms with Crippen molar-refractivity contribution >= 4 is 11.7 Å². The topological polar surface area (TPSA) is 46.5 Å². The van der Waals surface area contributed by atoms with E-state index in [-0.39, 0.29) is 12.1 Å². The summed E-state index contributed by atoms with van der Waals surface area (Å²) in [4.78, 5) is 14.8. The third kappa shape index (κ3) is 2.98. The van der Waals surface area contributed by atoms with Crippen LogP contribution in [0.2, 0.25) is 0 Å². The summed E-state index contributed by atoms with van der Waals surface area (Å²) in [5, 5.41) is 3.01. The van der Waals surface area contributed by atoms with Gasteiger partial charge in [-0.25, -0.2) is 4.79 Å². The molecule has 0 aliphatic carbocycles. The van der Waals surface area contributed by atoms with E-state index in [2.05, 4.69) is 42.8 Å². The van der Waals surface area contributed by atoms with Gasteiger partial charge in [-0.3, -0.25) is 0 Å². The maximum Gasteiger partial charge on any atom is 0.322 e. The molecule has 1 aromatic carbocycles. The summed E-state index contributed by atoms with van der Waals surface area (Å²) in [6, 6.07) is 11.7. The normalized spacial score (nSPS) is 16.9. The number of carbonyl (C=O) groups excluding carboxylic acids is 1. The summed E-state index contributed by atoms with van der Waals surface area (Å²) in [5.41, 5.74) is 3.22. The van der Waals surface area contributed by atoms with Crippen molar-refractivity contribution in [3.05, 3.63) is 47.8 Å². The first-order valence-corrected chi connectivity index (χ1v) is 8.39. The summed E-state index contributed by atoms with van der Waals surface area (Å²) in [6.45, 7) is 7.99. The van der Waals surface area contributed by atoms with Crippen molar-refractivity contribution in [3.63, 3.8) is 0 Å². The molecule has 0 saturated heterocycles. The Hall–Kier alpha value is -2.43. The number of urea groups is 1. The van der Waals surface area contributed by atoms with Crippen LogP contribution in [-0.2, 0) is 6.54 Å². The molecular formula is C19H25N3O2. The van der Waals surface area contributed by atoms with Gasteiger partial charge in [0.25, 0.3) is 0 Å². The fourth-order valence-corrected chi connectivity index (χ4v) is 3.49. The van der Waals surface area contributed by atoms with Gasteiger partial charge in [-0.1, -0.05) is 19.9 Å². The molecule has 5 heteroatoms. The zero-order chi connectivity index (χ0) is 17.3. The second kappa shape index (κ2) is 6.59. The molecule has 24 heavy (non-hydrogen) atoms. The van der Waals surface area contributed by atoms with Gasteiger partial charge in [-0.05, 0) is 37.1 Å². The lowest BCUT2D eigenvalue weighted by Crippen LogP contribution is -2.46. The zero-order valence-electron chi connectivity index (χ0n) is 14.7. The molecule has 2 heterocycles. The lowest BCUT2D eigenvalue weighted by atomic mass is 9.97. The van der Waals surface area contributed by atoms with E-state index < -0.39 is 0 Å². The molecule has 3 rings (SSSR count). The van der Waals surface area contributed by atoms with Crippen LogP contribution in [0.25, 0.3) is 0 Å². The Morgan fingerprint density at radius 2 is 2.04 bits per heavy atom. The maximum absolute atomic E-state index is 12.9. The van der Waals surface area contributed by atoms with E-state index in [1.54, 1.807) is 7.11 Å². The van der Waals surface area contributed by atoms with Crippen LogP contribution < -0.4 is 10.1 Å². The summed E-state index contributed by atoms with van der Waals surface area (Å²) < 4.78 is 7.54. The van der Waals surface area contributed by atoms with E-state index in [1.165, 1.54) is 11.4 Å². The van der Waals surface area contributed by atoms with Crippen LogP contribution >= 0.6 is 0 Å². The van der Waals surface area contributed by atoms with Crippen molar-refractivity contribution < 1.29 is 9.53 Å². The van der Waals surface area contributed by atoms with Gasteiger partial charge in [-0.15, -0.1) is 0 Å². The summed E-state index contributed by atoms with van der Waals surface area (Å²) >= 11 is 0. The highest BCUT2D eigenvalue weighted by Gasteiger charge is 2.33. The standard InChI is InChI=1S/C19H25N3O2/c1-13(2)18-17-9-8-14(3)21(17)10-11-22(18)19(23)20-15-6-5-7-16(12-15)24-4/h5-9,12-13,18H,10-11H2,1-4H3,(H,20,23)/t18-/m0/s1. The number of aryl methyl sites for hydroxylation is 1. The van der Waals surface area contributed by atoms with Crippen LogP contribution in [-0.4, -0.2) is 29.2 Å². The van der Waals surface area contributed by atoms with Crippen molar-refractivity contribution in [2.24, 2.45) is 5.92 Å². The van der Waals surface area contributed by atoms with Crippen LogP contribution in [0.15, 0.2) is 36.4 Å². The summed E-state index contributed by atoms with van der Waals surface area (Å²) in [5.74, 6) is 1.07. The largest absolute Gasteiger partial charge is 0.497 e. The van der Waals surface area contributed by atoms with Gasteiger partial charge in [0.05, 0.1) is 13.2 Å². The van der Waals surface area contributed by atoms with Crippen molar-refractivity contribution in [2.45, 2.75) is 33.4 Å². The number of anilines is 1. The minimum absolute atomic E-state index is 0.0629. The average molecular weight is 327 g/mol. The number of nitrogens with zero attached hydrogens (tertiary/aromatic N) is 2. The lowest BCUT2D eigenvalue weighted by molar-refractivity contribution is 0.143. The predicted octanol–water partition coefficient (Wildman–Crippen LogP) is 4.05. The Balaban J connectivity index is 1.83. The maximum atomic E-state index is 12.9. The molecule has 1 aliphatic heterocycles. The number of methoxy groups -OCH3 is 1. The smallest absolute Gasteiger partial charge is 0.322 e. The van der Waals surface area contributed by atoms with Gasteiger partial charge in [0.1, 0.15) is 5.75 Å². The molecule has 1 aliphatic rings. The number of aromatic nitrogens is 1. The van der Waals surface area contributed by atoms with Crippen molar-refractivity contribution in [3.8, 4) is 5.75 Å². The quantitative estimate of drug-likeness (QED) is 0.924. The molecule has 0 bridgehead atoms. The molecular weight excluding hydrogens is 302 g/mol. The molecule has 128 valence electrons. The summed E-state index contributed by atoms with van der Waals surface area (Å²) in [7, 11) is 1.62. The molecule has 1 atom stereocenters. The molecule has 1 N–H and O–H groups in total. The number of nitrogens with one attached hydrogen (secondary N) is 1. The van der Waals surface area contributed by atoms with E-state index in [1.807, 2.05) is 29.2 Å². The van der Waals surface area contributed by atoms with Gasteiger partial charge in [-0.2, -0.15) is 0 Å². The SMILES string of the molecule is COc1cccc(NC(=O)N2CCn3c(C)ccc3[C@@H]2C(C)C)c1. The minimum atomic E-state index is -0.0629. The Labute approximate surface area is 143 Å². The van der Waals surface area contributed by atoms with E-state index >= 15 is 0 Å². The number of fused-ring (bicyclic) bond motifs is 1. The van der Waals surface area contributed by atoms with Crippen molar-refractivity contribution in [1.82, 2.24) is 9.47 Å². The highest BCUT2D eigenvalue weighted by atomic mass is 16.5. The van der Waals surface area contributed by atoms with E-state index in [0.717, 1.165) is 18.0 Å². The number of rotatable bonds is 3. The molecule has 2 amide bonds. The third-order valence-electron chi connectivity index (χ3n) is 4.65. The molecule has 5 nitrogen and oxygen atoms in total. The molecule has 2 aromatic rings. The van der Waals surface area contributed by atoms with Crippen LogP contribution in [0.3, 0.4) is 0 Å². The van der Waals surface area contributed by atoms with Crippen LogP contribution in [0.5, 0.6) is 5.75 Å². The highest BCUT2D eigenvalue weighted by molar-refractivity contribution is 5.90. The zero-order valence-corrected chi connectivity index (χ0v) is 14.7. The number of hydrogen-bond acceptors (Lipinski definition) is 2. The Morgan fingerprint density at radius 3 is 2.75 bits per heavy atom. The second-order valence-corrected chi connectivity index (χ2v) is 6.60. The molecule has 0 unspecified atom stereocenters. The monoisotopic (exact) mass is 327 g/mol. The number of amides is 2. The molecule has 1 aromatic heterocycles. The fraction of sp³-hybridized carbons (Fsp3) is 0.421. The van der Waals surface area contributed by atoms with Crippen LogP contribution in [0, 0.1) is 12.8 Å². The van der Waals surface area contributed by atoms with Crippen molar-refractivity contribution in [1.29, 1.82) is 0 Å². The Kier molecular flexibility index (Phi) is 4.51. The summed E-state index contributed by atoms with van der Waals surface area (Å²) in [6.07, 6.45) is 0. The van der Waals surface area contributed by atoms with E-state index in [9.17, 15) is 4.79 Å². The molecule has 0 spiro atoms.